The summed E-state index contributed by atoms with van der Waals surface area (Å²) in [7, 11) is 1.53. The van der Waals surface area contributed by atoms with Gasteiger partial charge in [-0.3, -0.25) is 9.59 Å². The maximum absolute atomic E-state index is 12.9. The first kappa shape index (κ1) is 16.2. The summed E-state index contributed by atoms with van der Waals surface area (Å²) in [4.78, 5) is 25.6. The number of hydrogen-bond donors (Lipinski definition) is 2. The van der Waals surface area contributed by atoms with Crippen LogP contribution >= 0.6 is 0 Å². The highest BCUT2D eigenvalue weighted by Crippen LogP contribution is 2.32. The Morgan fingerprint density at radius 2 is 2.04 bits per heavy atom. The molecule has 0 spiro atoms. The average Bonchev–Trinajstić information content (AvgIpc) is 2.66. The topological polar surface area (TPSA) is 80.6 Å². The summed E-state index contributed by atoms with van der Waals surface area (Å²) in [6.07, 6.45) is 1.68. The van der Waals surface area contributed by atoms with Gasteiger partial charge in [-0.05, 0) is 36.6 Å². The molecule has 4 rings (SSSR count). The first-order chi connectivity index (χ1) is 12.6. The molecule has 0 atom stereocenters. The number of aromatic hydroxyl groups is 1. The van der Waals surface area contributed by atoms with Crippen molar-refractivity contribution >= 4 is 22.5 Å². The van der Waals surface area contributed by atoms with Gasteiger partial charge in [0.15, 0.2) is 0 Å². The van der Waals surface area contributed by atoms with Crippen LogP contribution in [-0.2, 0) is 13.0 Å². The molecular weight excluding hydrogens is 332 g/mol. The molecule has 1 aliphatic rings. The van der Waals surface area contributed by atoms with Crippen molar-refractivity contribution in [2.24, 2.45) is 0 Å². The van der Waals surface area contributed by atoms with Crippen molar-refractivity contribution < 1.29 is 14.6 Å². The second-order valence-electron chi connectivity index (χ2n) is 6.28. The fourth-order valence-corrected chi connectivity index (χ4v) is 3.52. The fourth-order valence-electron chi connectivity index (χ4n) is 3.52. The molecule has 6 nitrogen and oxygen atoms in total. The number of carbonyl (C=O) groups excluding carboxylic acids is 1. The van der Waals surface area contributed by atoms with E-state index < -0.39 is 11.5 Å². The van der Waals surface area contributed by atoms with Crippen LogP contribution in [0.4, 0.5) is 5.69 Å². The summed E-state index contributed by atoms with van der Waals surface area (Å²) in [5.41, 5.74) is 1.52. The average molecular weight is 350 g/mol. The van der Waals surface area contributed by atoms with Gasteiger partial charge in [0.2, 0.25) is 0 Å². The zero-order valence-corrected chi connectivity index (χ0v) is 14.3. The van der Waals surface area contributed by atoms with Crippen LogP contribution < -0.4 is 15.6 Å². The lowest BCUT2D eigenvalue weighted by Gasteiger charge is -2.21. The van der Waals surface area contributed by atoms with Gasteiger partial charge in [0.25, 0.3) is 11.5 Å². The lowest BCUT2D eigenvalue weighted by Crippen LogP contribution is -2.31. The van der Waals surface area contributed by atoms with Gasteiger partial charge in [0.1, 0.15) is 17.1 Å². The predicted molar refractivity (Wildman–Crippen MR) is 99.1 cm³/mol. The lowest BCUT2D eigenvalue weighted by atomic mass is 9.99. The van der Waals surface area contributed by atoms with Gasteiger partial charge in [0, 0.05) is 23.7 Å². The minimum atomic E-state index is -0.637. The molecule has 0 radical (unpaired) electrons. The molecule has 2 N–H and O–H groups in total. The molecule has 0 saturated carbocycles. The monoisotopic (exact) mass is 350 g/mol. The van der Waals surface area contributed by atoms with Gasteiger partial charge in [-0.1, -0.05) is 18.2 Å². The number of methoxy groups -OCH3 is 1. The van der Waals surface area contributed by atoms with Gasteiger partial charge in [-0.25, -0.2) is 0 Å². The number of nitrogens with zero attached hydrogens (tertiary/aromatic N) is 1. The van der Waals surface area contributed by atoms with Crippen LogP contribution in [0.3, 0.4) is 0 Å². The van der Waals surface area contributed by atoms with Crippen LogP contribution in [0, 0.1) is 0 Å². The van der Waals surface area contributed by atoms with E-state index in [0.29, 0.717) is 23.4 Å². The molecule has 0 fully saturated rings. The second kappa shape index (κ2) is 6.22. The molecule has 1 amide bonds. The Labute approximate surface area is 149 Å². The van der Waals surface area contributed by atoms with E-state index in [1.54, 1.807) is 34.9 Å². The van der Waals surface area contributed by atoms with Crippen LogP contribution in [0.25, 0.3) is 10.9 Å². The molecule has 0 aliphatic carbocycles. The van der Waals surface area contributed by atoms with Gasteiger partial charge in [0.05, 0.1) is 12.6 Å². The number of hydrogen-bond acceptors (Lipinski definition) is 4. The summed E-state index contributed by atoms with van der Waals surface area (Å²) >= 11 is 0. The Morgan fingerprint density at radius 1 is 1.23 bits per heavy atom. The zero-order valence-electron chi connectivity index (χ0n) is 14.3. The molecule has 132 valence electrons. The fraction of sp³-hybridized carbons (Fsp3) is 0.200. The van der Waals surface area contributed by atoms with E-state index >= 15 is 0 Å². The second-order valence-corrected chi connectivity index (χ2v) is 6.28. The van der Waals surface area contributed by atoms with E-state index in [2.05, 4.69) is 5.32 Å². The SMILES string of the molecule is COc1cccc(NC(=O)c2c(O)c3cccc4c3n(c2=O)CCC4)c1. The van der Waals surface area contributed by atoms with Crippen LogP contribution in [0.5, 0.6) is 11.5 Å². The minimum absolute atomic E-state index is 0.237. The highest BCUT2D eigenvalue weighted by Gasteiger charge is 2.25. The number of aryl methyl sites for hydroxylation is 2. The van der Waals surface area contributed by atoms with Gasteiger partial charge >= 0.3 is 0 Å². The number of benzene rings is 2. The zero-order chi connectivity index (χ0) is 18.3. The highest BCUT2D eigenvalue weighted by molar-refractivity contribution is 6.09. The number of para-hydroxylation sites is 1. The first-order valence-electron chi connectivity index (χ1n) is 8.43. The largest absolute Gasteiger partial charge is 0.506 e. The molecule has 0 unspecified atom stereocenters. The van der Waals surface area contributed by atoms with E-state index in [1.807, 2.05) is 12.1 Å². The molecule has 0 bridgehead atoms. The Kier molecular flexibility index (Phi) is 3.88. The van der Waals surface area contributed by atoms with E-state index in [1.165, 1.54) is 7.11 Å². The number of carbonyl (C=O) groups is 1. The van der Waals surface area contributed by atoms with E-state index in [-0.39, 0.29) is 11.3 Å². The van der Waals surface area contributed by atoms with Gasteiger partial charge < -0.3 is 19.7 Å². The van der Waals surface area contributed by atoms with Gasteiger partial charge in [-0.2, -0.15) is 0 Å². The number of ether oxygens (including phenoxy) is 1. The summed E-state index contributed by atoms with van der Waals surface area (Å²) in [6, 6.07) is 12.3. The quantitative estimate of drug-likeness (QED) is 0.761. The molecule has 3 aromatic rings. The van der Waals surface area contributed by atoms with Crippen molar-refractivity contribution in [3.63, 3.8) is 0 Å². The van der Waals surface area contributed by atoms with Crippen LogP contribution in [-0.4, -0.2) is 22.7 Å². The summed E-state index contributed by atoms with van der Waals surface area (Å²) in [6.45, 7) is 0.534. The van der Waals surface area contributed by atoms with Gasteiger partial charge in [-0.15, -0.1) is 0 Å². The molecular formula is C20H18N2O4. The van der Waals surface area contributed by atoms with Crippen LogP contribution in [0.1, 0.15) is 22.3 Å². The molecule has 1 aliphatic heterocycles. The third kappa shape index (κ3) is 2.50. The Bertz CT molecular complexity index is 1090. The maximum Gasteiger partial charge on any atom is 0.267 e. The summed E-state index contributed by atoms with van der Waals surface area (Å²) < 4.78 is 6.73. The Morgan fingerprint density at radius 3 is 2.85 bits per heavy atom. The van der Waals surface area contributed by atoms with Crippen molar-refractivity contribution in [2.75, 3.05) is 12.4 Å². The molecule has 1 aromatic heterocycles. The smallest absolute Gasteiger partial charge is 0.267 e. The third-order valence-corrected chi connectivity index (χ3v) is 4.72. The standard InChI is InChI=1S/C20H18N2O4/c1-26-14-8-3-7-13(11-14)21-19(24)16-18(23)15-9-2-5-12-6-4-10-22(17(12)15)20(16)25/h2-3,5,7-9,11,23H,4,6,10H2,1H3,(H,21,24). The number of anilines is 1. The minimum Gasteiger partial charge on any atom is -0.506 e. The van der Waals surface area contributed by atoms with Crippen molar-refractivity contribution in [1.29, 1.82) is 0 Å². The Hall–Kier alpha value is -3.28. The molecule has 0 saturated heterocycles. The molecule has 2 heterocycles. The van der Waals surface area contributed by atoms with E-state index in [9.17, 15) is 14.7 Å². The summed E-state index contributed by atoms with van der Waals surface area (Å²) in [5.74, 6) is -0.324. The predicted octanol–water partition coefficient (Wildman–Crippen LogP) is 2.91. The molecule has 2 aromatic carbocycles. The molecule has 26 heavy (non-hydrogen) atoms. The van der Waals surface area contributed by atoms with Crippen molar-refractivity contribution in [2.45, 2.75) is 19.4 Å². The number of aromatic nitrogens is 1. The maximum atomic E-state index is 12.9. The number of nitrogens with one attached hydrogen (secondary N) is 1. The number of pyridine rings is 1. The van der Waals surface area contributed by atoms with Crippen LogP contribution in [0.2, 0.25) is 0 Å². The Balaban J connectivity index is 1.84. The normalized spacial score (nSPS) is 12.8. The first-order valence-corrected chi connectivity index (χ1v) is 8.43. The highest BCUT2D eigenvalue weighted by atomic mass is 16.5. The number of amides is 1. The van der Waals surface area contributed by atoms with E-state index in [4.69, 9.17) is 4.74 Å². The third-order valence-electron chi connectivity index (χ3n) is 4.72. The summed E-state index contributed by atoms with van der Waals surface area (Å²) in [5, 5.41) is 13.8. The van der Waals surface area contributed by atoms with Crippen molar-refractivity contribution in [3.05, 3.63) is 63.9 Å². The molecule has 6 heteroatoms. The number of rotatable bonds is 3. The van der Waals surface area contributed by atoms with Crippen molar-refractivity contribution in [1.82, 2.24) is 4.57 Å². The van der Waals surface area contributed by atoms with Crippen molar-refractivity contribution in [3.8, 4) is 11.5 Å². The lowest BCUT2D eigenvalue weighted by molar-refractivity contribution is 0.102. The van der Waals surface area contributed by atoms with Crippen LogP contribution in [0.15, 0.2) is 47.3 Å². The van der Waals surface area contributed by atoms with E-state index in [0.717, 1.165) is 23.9 Å².